The maximum absolute atomic E-state index is 13.6. The highest BCUT2D eigenvalue weighted by molar-refractivity contribution is 8.01. The minimum atomic E-state index is -0.675. The van der Waals surface area contributed by atoms with Crippen LogP contribution in [0.1, 0.15) is 61.0 Å². The Kier molecular flexibility index (Phi) is 6.52. The number of rotatable bonds is 7. The van der Waals surface area contributed by atoms with Crippen LogP contribution in [0.5, 0.6) is 0 Å². The monoisotopic (exact) mass is 465 g/mol. The lowest BCUT2D eigenvalue weighted by Crippen LogP contribution is -2.58. The molecule has 7 heteroatoms. The topological polar surface area (TPSA) is 78.5 Å². The number of hydrogen-bond donors (Lipinski definition) is 2. The zero-order chi connectivity index (χ0) is 23.8. The van der Waals surface area contributed by atoms with Crippen LogP contribution in [0.2, 0.25) is 0 Å². The van der Waals surface area contributed by atoms with Crippen LogP contribution in [-0.2, 0) is 16.1 Å². The maximum atomic E-state index is 13.6. The van der Waals surface area contributed by atoms with Gasteiger partial charge in [-0.3, -0.25) is 14.4 Å². The van der Waals surface area contributed by atoms with Crippen LogP contribution in [0.3, 0.4) is 0 Å². The van der Waals surface area contributed by atoms with Crippen molar-refractivity contribution in [1.29, 1.82) is 0 Å². The first kappa shape index (κ1) is 23.4. The van der Waals surface area contributed by atoms with Gasteiger partial charge in [0.05, 0.1) is 0 Å². The number of hydrogen-bond acceptors (Lipinski definition) is 4. The van der Waals surface area contributed by atoms with E-state index in [0.717, 1.165) is 17.5 Å². The number of nitrogens with zero attached hydrogens (tertiary/aromatic N) is 1. The van der Waals surface area contributed by atoms with Crippen LogP contribution in [0.4, 0.5) is 0 Å². The van der Waals surface area contributed by atoms with Gasteiger partial charge in [-0.2, -0.15) is 0 Å². The summed E-state index contributed by atoms with van der Waals surface area (Å²) in [7, 11) is 0. The molecule has 6 nitrogen and oxygen atoms in total. The molecule has 2 aromatic rings. The van der Waals surface area contributed by atoms with Gasteiger partial charge in [-0.05, 0) is 37.0 Å². The number of carbonyl (C=O) groups excluding carboxylic acids is 3. The van der Waals surface area contributed by atoms with Crippen molar-refractivity contribution in [3.63, 3.8) is 0 Å². The minimum absolute atomic E-state index is 0.0517. The van der Waals surface area contributed by atoms with Gasteiger partial charge in [-0.1, -0.05) is 68.8 Å². The first-order valence-electron chi connectivity index (χ1n) is 11.5. The Bertz CT molecular complexity index is 1060. The van der Waals surface area contributed by atoms with Crippen LogP contribution in [0.15, 0.2) is 54.6 Å². The van der Waals surface area contributed by atoms with Crippen LogP contribution in [0.25, 0.3) is 0 Å². The molecule has 3 amide bonds. The molecule has 1 fully saturated rings. The summed E-state index contributed by atoms with van der Waals surface area (Å²) in [4.78, 5) is 41.6. The van der Waals surface area contributed by atoms with E-state index in [2.05, 4.69) is 10.6 Å². The number of nitrogens with one attached hydrogen (secondary N) is 2. The van der Waals surface area contributed by atoms with Gasteiger partial charge >= 0.3 is 0 Å². The van der Waals surface area contributed by atoms with Gasteiger partial charge in [0.25, 0.3) is 5.91 Å². The van der Waals surface area contributed by atoms with Crippen molar-refractivity contribution >= 4 is 29.5 Å². The zero-order valence-electron chi connectivity index (χ0n) is 19.5. The molecule has 4 atom stereocenters. The third-order valence-corrected chi connectivity index (χ3v) is 8.18. The lowest BCUT2D eigenvalue weighted by atomic mass is 9.95. The fourth-order valence-electron chi connectivity index (χ4n) is 4.63. The third-order valence-electron chi connectivity index (χ3n) is 6.65. The molecule has 2 aromatic carbocycles. The van der Waals surface area contributed by atoms with E-state index in [9.17, 15) is 14.4 Å². The molecule has 2 aliphatic heterocycles. The fourth-order valence-corrected chi connectivity index (χ4v) is 6.22. The summed E-state index contributed by atoms with van der Waals surface area (Å²) in [6.07, 6.45) is 0.739. The number of benzene rings is 2. The van der Waals surface area contributed by atoms with Gasteiger partial charge in [0.2, 0.25) is 11.8 Å². The van der Waals surface area contributed by atoms with E-state index in [0.29, 0.717) is 12.1 Å². The molecule has 2 heterocycles. The van der Waals surface area contributed by atoms with Crippen LogP contribution in [0, 0.1) is 5.92 Å². The molecule has 0 radical (unpaired) electrons. The maximum Gasteiger partial charge on any atom is 0.256 e. The first-order valence-corrected chi connectivity index (χ1v) is 12.3. The van der Waals surface area contributed by atoms with E-state index < -0.39 is 16.8 Å². The summed E-state index contributed by atoms with van der Waals surface area (Å²) in [6, 6.07) is 15.9. The average Bonchev–Trinajstić information content (AvgIpc) is 3.24. The van der Waals surface area contributed by atoms with Gasteiger partial charge in [0, 0.05) is 16.9 Å². The summed E-state index contributed by atoms with van der Waals surface area (Å²) in [6.45, 7) is 8.34. The van der Waals surface area contributed by atoms with E-state index in [1.165, 1.54) is 0 Å². The Hall–Kier alpha value is -2.80. The summed E-state index contributed by atoms with van der Waals surface area (Å²) in [5.41, 5.74) is 2.61. The molecule has 0 saturated carbocycles. The van der Waals surface area contributed by atoms with E-state index in [1.54, 1.807) is 16.7 Å². The molecule has 0 aliphatic carbocycles. The molecular weight excluding hydrogens is 434 g/mol. The van der Waals surface area contributed by atoms with E-state index in [-0.39, 0.29) is 29.0 Å². The average molecular weight is 466 g/mol. The lowest BCUT2D eigenvalue weighted by Gasteiger charge is -2.32. The van der Waals surface area contributed by atoms with Crippen LogP contribution >= 0.6 is 11.8 Å². The van der Waals surface area contributed by atoms with Gasteiger partial charge in [0.1, 0.15) is 17.5 Å². The molecule has 0 spiro atoms. The molecular formula is C26H31N3O3S. The molecule has 0 aromatic heterocycles. The second kappa shape index (κ2) is 9.21. The predicted molar refractivity (Wildman–Crippen MR) is 130 cm³/mol. The lowest BCUT2D eigenvalue weighted by molar-refractivity contribution is -0.133. The van der Waals surface area contributed by atoms with Crippen LogP contribution in [-0.4, -0.2) is 39.5 Å². The standard InChI is InChI=1S/C26H31N3O3S/c1-5-16(2)20(22(30)27-15-17-11-7-6-8-12-17)28-23(31)21-26(3,4)33-25-19-14-10-9-13-18(19)24(32)29(21)25/h6-14,16,20-21,25H,5,15H2,1-4H3,(H,27,30)(H,28,31)/t16-,20-,21-,25+/m0/s1. The van der Waals surface area contributed by atoms with Gasteiger partial charge in [-0.15, -0.1) is 11.8 Å². The highest BCUT2D eigenvalue weighted by Gasteiger charge is 2.57. The number of fused-ring (bicyclic) bond motifs is 3. The molecule has 33 heavy (non-hydrogen) atoms. The van der Waals surface area contributed by atoms with Crippen molar-refractivity contribution in [3.8, 4) is 0 Å². The molecule has 174 valence electrons. The van der Waals surface area contributed by atoms with Gasteiger partial charge in [-0.25, -0.2) is 0 Å². The smallest absolute Gasteiger partial charge is 0.256 e. The van der Waals surface area contributed by atoms with Gasteiger partial charge < -0.3 is 15.5 Å². The number of amides is 3. The summed E-state index contributed by atoms with van der Waals surface area (Å²) >= 11 is 1.62. The quantitative estimate of drug-likeness (QED) is 0.651. The second-order valence-electron chi connectivity index (χ2n) is 9.35. The van der Waals surface area contributed by atoms with E-state index in [4.69, 9.17) is 0 Å². The summed E-state index contributed by atoms with van der Waals surface area (Å²) in [5.74, 6) is -0.666. The Labute approximate surface area is 199 Å². The highest BCUT2D eigenvalue weighted by Crippen LogP contribution is 2.56. The van der Waals surface area contributed by atoms with Crippen molar-refractivity contribution in [3.05, 3.63) is 71.3 Å². The predicted octanol–water partition coefficient (Wildman–Crippen LogP) is 3.88. The Morgan fingerprint density at radius 3 is 2.45 bits per heavy atom. The molecule has 2 N–H and O–H groups in total. The van der Waals surface area contributed by atoms with Crippen molar-refractivity contribution in [2.45, 2.75) is 62.9 Å². The van der Waals surface area contributed by atoms with E-state index in [1.807, 2.05) is 82.3 Å². The van der Waals surface area contributed by atoms with Gasteiger partial charge in [0.15, 0.2) is 0 Å². The van der Waals surface area contributed by atoms with Crippen molar-refractivity contribution < 1.29 is 14.4 Å². The van der Waals surface area contributed by atoms with Crippen LogP contribution < -0.4 is 10.6 Å². The third kappa shape index (κ3) is 4.38. The Morgan fingerprint density at radius 1 is 1.09 bits per heavy atom. The highest BCUT2D eigenvalue weighted by atomic mass is 32.2. The fraction of sp³-hybridized carbons (Fsp3) is 0.423. The van der Waals surface area contributed by atoms with Crippen molar-refractivity contribution in [1.82, 2.24) is 15.5 Å². The minimum Gasteiger partial charge on any atom is -0.350 e. The van der Waals surface area contributed by atoms with E-state index >= 15 is 0 Å². The second-order valence-corrected chi connectivity index (χ2v) is 11.1. The molecule has 2 aliphatic rings. The number of carbonyl (C=O) groups is 3. The Morgan fingerprint density at radius 2 is 1.76 bits per heavy atom. The summed E-state index contributed by atoms with van der Waals surface area (Å²) < 4.78 is -0.488. The Balaban J connectivity index is 1.53. The normalized spacial score (nSPS) is 22.3. The molecule has 4 rings (SSSR count). The zero-order valence-corrected chi connectivity index (χ0v) is 20.3. The first-order chi connectivity index (χ1) is 15.7. The number of thioether (sulfide) groups is 1. The largest absolute Gasteiger partial charge is 0.350 e. The molecule has 1 saturated heterocycles. The van der Waals surface area contributed by atoms with Crippen molar-refractivity contribution in [2.75, 3.05) is 0 Å². The van der Waals surface area contributed by atoms with Crippen molar-refractivity contribution in [2.24, 2.45) is 5.92 Å². The molecule has 0 bridgehead atoms. The summed E-state index contributed by atoms with van der Waals surface area (Å²) in [5, 5.41) is 5.78. The SMILES string of the molecule is CC[C@H](C)[C@H](NC(=O)[C@@H]1N2C(=O)c3ccccc3[C@H]2SC1(C)C)C(=O)NCc1ccccc1. The molecule has 0 unspecified atom stereocenters.